The molecule has 2 N–H and O–H groups in total. The van der Waals surface area contributed by atoms with Gasteiger partial charge >= 0.3 is 0 Å². The zero-order chi connectivity index (χ0) is 18.7. The second-order valence-electron chi connectivity index (χ2n) is 5.38. The molecule has 126 valence electrons. The minimum atomic E-state index is -0.541. The molecule has 3 rings (SSSR count). The summed E-state index contributed by atoms with van der Waals surface area (Å²) in [6.45, 7) is 0. The lowest BCUT2D eigenvalue weighted by Crippen LogP contribution is -2.10. The van der Waals surface area contributed by atoms with Crippen LogP contribution in [0.2, 0.25) is 0 Å². The topological polar surface area (TPSA) is 90.7 Å². The van der Waals surface area contributed by atoms with E-state index in [-0.39, 0.29) is 0 Å². The van der Waals surface area contributed by atoms with Crippen molar-refractivity contribution in [3.63, 3.8) is 0 Å². The van der Waals surface area contributed by atoms with Crippen molar-refractivity contribution in [2.75, 3.05) is 6.26 Å². The van der Waals surface area contributed by atoms with Gasteiger partial charge in [0, 0.05) is 5.56 Å². The molecule has 0 fully saturated rings. The predicted molar refractivity (Wildman–Crippen MR) is 105 cm³/mol. The molecule has 0 saturated carbocycles. The van der Waals surface area contributed by atoms with Gasteiger partial charge in [0.05, 0.1) is 21.4 Å². The summed E-state index contributed by atoms with van der Waals surface area (Å²) in [6, 6.07) is 19.2. The van der Waals surface area contributed by atoms with Crippen LogP contribution < -0.4 is 5.73 Å². The number of thioether (sulfide) groups is 1. The van der Waals surface area contributed by atoms with E-state index in [1.54, 1.807) is 6.07 Å². The lowest BCUT2D eigenvalue weighted by atomic mass is 9.96. The quantitative estimate of drug-likeness (QED) is 0.672. The van der Waals surface area contributed by atoms with Gasteiger partial charge in [-0.25, -0.2) is 0 Å². The first-order valence-electron chi connectivity index (χ1n) is 7.61. The van der Waals surface area contributed by atoms with E-state index >= 15 is 0 Å². The molecule has 0 saturated heterocycles. The third-order valence-electron chi connectivity index (χ3n) is 3.93. The van der Waals surface area contributed by atoms with Gasteiger partial charge in [-0.15, -0.1) is 23.1 Å². The van der Waals surface area contributed by atoms with Crippen molar-refractivity contribution >= 4 is 29.0 Å². The van der Waals surface area contributed by atoms with Crippen LogP contribution in [-0.4, -0.2) is 12.2 Å². The summed E-state index contributed by atoms with van der Waals surface area (Å²) in [5.74, 6) is -0.541. The number of thiophene rings is 1. The maximum absolute atomic E-state index is 11.8. The highest BCUT2D eigenvalue weighted by molar-refractivity contribution is 8.00. The number of carbonyl (C=O) groups is 1. The molecule has 26 heavy (non-hydrogen) atoms. The van der Waals surface area contributed by atoms with Crippen LogP contribution in [0.5, 0.6) is 0 Å². The van der Waals surface area contributed by atoms with Gasteiger partial charge in [0.25, 0.3) is 5.91 Å². The van der Waals surface area contributed by atoms with Gasteiger partial charge in [0.15, 0.2) is 0 Å². The Morgan fingerprint density at radius 3 is 2.27 bits per heavy atom. The van der Waals surface area contributed by atoms with Crippen molar-refractivity contribution in [3.8, 4) is 34.4 Å². The number of carbonyl (C=O) groups excluding carboxylic acids is 1. The Morgan fingerprint density at radius 1 is 1.04 bits per heavy atom. The number of benzene rings is 2. The highest BCUT2D eigenvalue weighted by atomic mass is 32.2. The summed E-state index contributed by atoms with van der Waals surface area (Å²) >= 11 is 2.67. The Bertz CT molecular complexity index is 1070. The highest BCUT2D eigenvalue weighted by Crippen LogP contribution is 2.41. The molecule has 1 heterocycles. The number of hydrogen-bond donors (Lipinski definition) is 1. The first kappa shape index (κ1) is 17.8. The van der Waals surface area contributed by atoms with E-state index < -0.39 is 5.91 Å². The molecule has 1 aromatic heterocycles. The number of hydrogen-bond acceptors (Lipinski definition) is 5. The number of nitrogens with two attached hydrogens (primary N) is 1. The van der Waals surface area contributed by atoms with Crippen LogP contribution in [0, 0.1) is 22.7 Å². The van der Waals surface area contributed by atoms with E-state index in [1.807, 2.05) is 48.7 Å². The summed E-state index contributed by atoms with van der Waals surface area (Å²) in [4.78, 5) is 12.2. The van der Waals surface area contributed by atoms with Crippen molar-refractivity contribution in [1.82, 2.24) is 0 Å². The molecule has 0 unspecified atom stereocenters. The Morgan fingerprint density at radius 2 is 1.69 bits per heavy atom. The van der Waals surface area contributed by atoms with Crippen molar-refractivity contribution in [1.29, 1.82) is 10.5 Å². The average Bonchev–Trinajstić information content (AvgIpc) is 3.07. The van der Waals surface area contributed by atoms with Crippen molar-refractivity contribution < 1.29 is 4.79 Å². The van der Waals surface area contributed by atoms with Crippen LogP contribution in [-0.2, 0) is 0 Å². The van der Waals surface area contributed by atoms with Crippen molar-refractivity contribution in [3.05, 3.63) is 64.5 Å². The molecule has 0 bridgehead atoms. The van der Waals surface area contributed by atoms with E-state index in [2.05, 4.69) is 12.1 Å². The summed E-state index contributed by atoms with van der Waals surface area (Å²) in [5.41, 5.74) is 9.65. The summed E-state index contributed by atoms with van der Waals surface area (Å²) in [6.07, 6.45) is 1.86. The van der Waals surface area contributed by atoms with Crippen LogP contribution in [0.25, 0.3) is 22.3 Å². The van der Waals surface area contributed by atoms with Gasteiger partial charge < -0.3 is 5.73 Å². The molecule has 0 atom stereocenters. The fourth-order valence-corrected chi connectivity index (χ4v) is 4.55. The van der Waals surface area contributed by atoms with Crippen LogP contribution in [0.3, 0.4) is 0 Å². The molecule has 0 aliphatic rings. The number of rotatable bonds is 4. The summed E-state index contributed by atoms with van der Waals surface area (Å²) < 4.78 is 0.773. The summed E-state index contributed by atoms with van der Waals surface area (Å²) in [5, 5.41) is 18.8. The molecule has 0 radical (unpaired) electrons. The first-order valence-corrected chi connectivity index (χ1v) is 9.65. The largest absolute Gasteiger partial charge is 0.365 e. The van der Waals surface area contributed by atoms with Gasteiger partial charge in [0.1, 0.15) is 10.9 Å². The van der Waals surface area contributed by atoms with Gasteiger partial charge in [-0.3, -0.25) is 4.79 Å². The Kier molecular flexibility index (Phi) is 5.09. The second-order valence-corrected chi connectivity index (χ2v) is 7.48. The average molecular weight is 375 g/mol. The first-order chi connectivity index (χ1) is 12.6. The fourth-order valence-electron chi connectivity index (χ4n) is 2.75. The zero-order valence-corrected chi connectivity index (χ0v) is 15.4. The van der Waals surface area contributed by atoms with Crippen molar-refractivity contribution in [2.24, 2.45) is 5.73 Å². The maximum Gasteiger partial charge on any atom is 0.259 e. The van der Waals surface area contributed by atoms with E-state index in [1.165, 1.54) is 23.1 Å². The summed E-state index contributed by atoms with van der Waals surface area (Å²) in [7, 11) is 0. The maximum atomic E-state index is 11.8. The van der Waals surface area contributed by atoms with Gasteiger partial charge in [0.2, 0.25) is 0 Å². The van der Waals surface area contributed by atoms with E-state index in [0.717, 1.165) is 20.9 Å². The predicted octanol–water partition coefficient (Wildman–Crippen LogP) is 4.65. The Balaban J connectivity index is 2.13. The van der Waals surface area contributed by atoms with Crippen LogP contribution >= 0.6 is 23.1 Å². The molecule has 6 heteroatoms. The fraction of sp³-hybridized carbons (Fsp3) is 0.0500. The van der Waals surface area contributed by atoms with E-state index in [4.69, 9.17) is 5.73 Å². The molecular weight excluding hydrogens is 362 g/mol. The lowest BCUT2D eigenvalue weighted by Gasteiger charge is -2.07. The monoisotopic (exact) mass is 375 g/mol. The SMILES string of the molecule is CSc1sc(C(N)=O)c(-c2ccc(-c3ccccc3C#N)cc2)c1C#N. The van der Waals surface area contributed by atoms with Gasteiger partial charge in [-0.1, -0.05) is 42.5 Å². The molecular formula is C20H13N3OS2. The van der Waals surface area contributed by atoms with E-state index in [9.17, 15) is 15.3 Å². The molecule has 0 aliphatic carbocycles. The van der Waals surface area contributed by atoms with Crippen LogP contribution in [0.1, 0.15) is 20.8 Å². The number of nitriles is 2. The molecule has 4 nitrogen and oxygen atoms in total. The number of primary amides is 1. The highest BCUT2D eigenvalue weighted by Gasteiger charge is 2.22. The lowest BCUT2D eigenvalue weighted by molar-refractivity contribution is 0.100. The minimum Gasteiger partial charge on any atom is -0.365 e. The standard InChI is InChI=1S/C20H13N3OS2/c1-25-20-16(11-22)17(18(26-20)19(23)24)13-8-6-12(7-9-13)15-5-3-2-4-14(15)10-21/h2-9H,1H3,(H2,23,24). The molecule has 1 amide bonds. The van der Waals surface area contributed by atoms with Gasteiger partial charge in [-0.05, 0) is 29.0 Å². The van der Waals surface area contributed by atoms with Crippen LogP contribution in [0.4, 0.5) is 0 Å². The molecule has 0 spiro atoms. The van der Waals surface area contributed by atoms with Gasteiger partial charge in [-0.2, -0.15) is 10.5 Å². The number of amides is 1. The minimum absolute atomic E-state index is 0.385. The smallest absolute Gasteiger partial charge is 0.259 e. The molecule has 2 aromatic carbocycles. The normalized spacial score (nSPS) is 10.1. The number of nitrogens with zero attached hydrogens (tertiary/aromatic N) is 2. The van der Waals surface area contributed by atoms with Crippen LogP contribution in [0.15, 0.2) is 52.7 Å². The molecule has 3 aromatic rings. The Labute approximate surface area is 159 Å². The zero-order valence-electron chi connectivity index (χ0n) is 13.8. The van der Waals surface area contributed by atoms with E-state index in [0.29, 0.717) is 21.6 Å². The third-order valence-corrected chi connectivity index (χ3v) is 6.25. The third kappa shape index (κ3) is 3.09. The molecule has 0 aliphatic heterocycles. The van der Waals surface area contributed by atoms with Crippen molar-refractivity contribution in [2.45, 2.75) is 4.21 Å². The Hall–Kier alpha value is -3.06. The second kappa shape index (κ2) is 7.45.